The quantitative estimate of drug-likeness (QED) is 0.344. The summed E-state index contributed by atoms with van der Waals surface area (Å²) in [7, 11) is -2.46. The molecule has 1 unspecified atom stereocenters. The van der Waals surface area contributed by atoms with Crippen LogP contribution in [-0.2, 0) is 26.2 Å². The van der Waals surface area contributed by atoms with Gasteiger partial charge in [0.05, 0.1) is 24.0 Å². The Kier molecular flexibility index (Phi) is 9.58. The summed E-state index contributed by atoms with van der Waals surface area (Å²) < 4.78 is 31.0. The lowest BCUT2D eigenvalue weighted by Crippen LogP contribution is -2.51. The van der Waals surface area contributed by atoms with E-state index in [0.29, 0.717) is 24.3 Å². The second-order valence-corrected chi connectivity index (χ2v) is 9.79. The Balaban J connectivity index is 2.40. The second-order valence-electron chi connectivity index (χ2n) is 7.88. The predicted octanol–water partition coefficient (Wildman–Crippen LogP) is 2.31. The molecule has 190 valence electrons. The van der Waals surface area contributed by atoms with Crippen LogP contribution in [-0.4, -0.2) is 62.6 Å². The average Bonchev–Trinajstić information content (AvgIpc) is 2.83. The number of non-ortho nitro benzene ring substituents is 1. The van der Waals surface area contributed by atoms with Crippen LogP contribution in [0.5, 0.6) is 5.75 Å². The molecule has 0 aromatic heterocycles. The summed E-state index contributed by atoms with van der Waals surface area (Å²) in [6.07, 6.45) is 1.61. The first-order chi connectivity index (χ1) is 16.5. The minimum atomic E-state index is -3.98. The molecule has 0 aliphatic heterocycles. The van der Waals surface area contributed by atoms with Gasteiger partial charge in [-0.3, -0.25) is 24.0 Å². The van der Waals surface area contributed by atoms with Crippen molar-refractivity contribution in [1.29, 1.82) is 0 Å². The van der Waals surface area contributed by atoms with Crippen molar-refractivity contribution >= 4 is 33.2 Å². The van der Waals surface area contributed by atoms with Gasteiger partial charge >= 0.3 is 0 Å². The van der Waals surface area contributed by atoms with E-state index in [1.54, 1.807) is 31.2 Å². The highest BCUT2D eigenvalue weighted by molar-refractivity contribution is 7.92. The number of hydrogen-bond donors (Lipinski definition) is 1. The van der Waals surface area contributed by atoms with E-state index in [1.807, 2.05) is 6.92 Å². The lowest BCUT2D eigenvalue weighted by molar-refractivity contribution is -0.384. The summed E-state index contributed by atoms with van der Waals surface area (Å²) in [5.41, 5.74) is 0.365. The molecule has 2 aromatic rings. The van der Waals surface area contributed by atoms with E-state index in [1.165, 1.54) is 30.2 Å². The Morgan fingerprint density at radius 1 is 1.17 bits per heavy atom. The van der Waals surface area contributed by atoms with E-state index >= 15 is 0 Å². The van der Waals surface area contributed by atoms with Gasteiger partial charge in [0.1, 0.15) is 18.3 Å². The zero-order valence-electron chi connectivity index (χ0n) is 20.1. The number of ether oxygens (including phenoxy) is 1. The molecule has 12 heteroatoms. The normalized spacial score (nSPS) is 11.9. The topological polar surface area (TPSA) is 139 Å². The van der Waals surface area contributed by atoms with E-state index < -0.39 is 33.4 Å². The summed E-state index contributed by atoms with van der Waals surface area (Å²) in [5, 5.41) is 13.9. The predicted molar refractivity (Wildman–Crippen MR) is 132 cm³/mol. The van der Waals surface area contributed by atoms with Crippen LogP contribution >= 0.6 is 0 Å². The highest BCUT2D eigenvalue weighted by Gasteiger charge is 2.30. The van der Waals surface area contributed by atoms with Crippen LogP contribution in [0.3, 0.4) is 0 Å². The number of rotatable bonds is 12. The number of anilines is 1. The van der Waals surface area contributed by atoms with Crippen molar-refractivity contribution in [3.63, 3.8) is 0 Å². The number of carbonyl (C=O) groups is 2. The Bertz CT molecular complexity index is 1150. The van der Waals surface area contributed by atoms with Crippen molar-refractivity contribution in [2.45, 2.75) is 32.9 Å². The molecule has 11 nitrogen and oxygen atoms in total. The molecule has 0 spiro atoms. The minimum Gasteiger partial charge on any atom is -0.497 e. The van der Waals surface area contributed by atoms with Gasteiger partial charge in [0, 0.05) is 25.2 Å². The molecule has 0 fully saturated rings. The number of carbonyl (C=O) groups excluding carboxylic acids is 2. The molecule has 2 rings (SSSR count). The Morgan fingerprint density at radius 3 is 2.37 bits per heavy atom. The number of hydrogen-bond acceptors (Lipinski definition) is 7. The number of nitro benzene ring substituents is 1. The van der Waals surface area contributed by atoms with E-state index in [4.69, 9.17) is 4.74 Å². The van der Waals surface area contributed by atoms with Gasteiger partial charge in [0.15, 0.2) is 0 Å². The molecular weight excluding hydrogens is 476 g/mol. The standard InChI is InChI=1S/C23H30N4O7S/c1-5-13-24-23(29)17(2)25(15-18-9-11-21(34-3)12-10-18)22(28)16-26(35(4,32)33)19-7-6-8-20(14-19)27(30)31/h6-12,14,17H,5,13,15-16H2,1-4H3,(H,24,29). The zero-order chi connectivity index (χ0) is 26.2. The van der Waals surface area contributed by atoms with Crippen LogP contribution in [0.25, 0.3) is 0 Å². The summed E-state index contributed by atoms with van der Waals surface area (Å²) in [4.78, 5) is 37.9. The Hall–Kier alpha value is -3.67. The molecule has 0 heterocycles. The van der Waals surface area contributed by atoms with Crippen LogP contribution in [0.15, 0.2) is 48.5 Å². The maximum absolute atomic E-state index is 13.4. The largest absolute Gasteiger partial charge is 0.497 e. The van der Waals surface area contributed by atoms with E-state index in [-0.39, 0.29) is 23.8 Å². The van der Waals surface area contributed by atoms with Crippen LogP contribution in [0.2, 0.25) is 0 Å². The first kappa shape index (κ1) is 27.6. The molecule has 0 aliphatic carbocycles. The number of methoxy groups -OCH3 is 1. The van der Waals surface area contributed by atoms with Crippen molar-refractivity contribution in [1.82, 2.24) is 10.2 Å². The maximum atomic E-state index is 13.4. The monoisotopic (exact) mass is 506 g/mol. The summed E-state index contributed by atoms with van der Waals surface area (Å²) >= 11 is 0. The third kappa shape index (κ3) is 7.67. The van der Waals surface area contributed by atoms with Crippen molar-refractivity contribution in [3.8, 4) is 5.75 Å². The maximum Gasteiger partial charge on any atom is 0.271 e. The molecule has 1 N–H and O–H groups in total. The fraction of sp³-hybridized carbons (Fsp3) is 0.391. The molecule has 1 atom stereocenters. The average molecular weight is 507 g/mol. The van der Waals surface area contributed by atoms with Gasteiger partial charge < -0.3 is 15.0 Å². The third-order valence-corrected chi connectivity index (χ3v) is 6.38. The molecule has 0 aliphatic rings. The number of amides is 2. The summed E-state index contributed by atoms with van der Waals surface area (Å²) in [6, 6.07) is 11.0. The van der Waals surface area contributed by atoms with Crippen LogP contribution in [0, 0.1) is 10.1 Å². The lowest BCUT2D eigenvalue weighted by atomic mass is 10.1. The number of nitro groups is 1. The third-order valence-electron chi connectivity index (χ3n) is 5.24. The second kappa shape index (κ2) is 12.2. The first-order valence-corrected chi connectivity index (χ1v) is 12.7. The van der Waals surface area contributed by atoms with Crippen LogP contribution in [0.4, 0.5) is 11.4 Å². The highest BCUT2D eigenvalue weighted by Crippen LogP contribution is 2.24. The minimum absolute atomic E-state index is 0.0254. The number of nitrogens with one attached hydrogen (secondary N) is 1. The van der Waals surface area contributed by atoms with Crippen LogP contribution in [0.1, 0.15) is 25.8 Å². The van der Waals surface area contributed by atoms with Crippen molar-refractivity contribution < 1.29 is 27.7 Å². The summed E-state index contributed by atoms with van der Waals surface area (Å²) in [5.74, 6) is -0.402. The van der Waals surface area contributed by atoms with Gasteiger partial charge in [0.2, 0.25) is 21.8 Å². The van der Waals surface area contributed by atoms with Gasteiger partial charge in [0.25, 0.3) is 5.69 Å². The van der Waals surface area contributed by atoms with Crippen molar-refractivity contribution in [2.24, 2.45) is 0 Å². The van der Waals surface area contributed by atoms with Gasteiger partial charge in [-0.25, -0.2) is 8.42 Å². The molecule has 0 saturated carbocycles. The van der Waals surface area contributed by atoms with Gasteiger partial charge in [-0.2, -0.15) is 0 Å². The van der Waals surface area contributed by atoms with Crippen LogP contribution < -0.4 is 14.4 Å². The molecule has 2 aromatic carbocycles. The van der Waals surface area contributed by atoms with E-state index in [2.05, 4.69) is 5.32 Å². The van der Waals surface area contributed by atoms with Crippen molar-refractivity contribution in [3.05, 3.63) is 64.2 Å². The molecule has 0 saturated heterocycles. The highest BCUT2D eigenvalue weighted by atomic mass is 32.2. The molecule has 0 bridgehead atoms. The molecule has 35 heavy (non-hydrogen) atoms. The molecule has 0 radical (unpaired) electrons. The van der Waals surface area contributed by atoms with Crippen molar-refractivity contribution in [2.75, 3.05) is 30.8 Å². The van der Waals surface area contributed by atoms with E-state index in [0.717, 1.165) is 16.6 Å². The number of nitrogens with zero attached hydrogens (tertiary/aromatic N) is 3. The van der Waals surface area contributed by atoms with Gasteiger partial charge in [-0.1, -0.05) is 25.1 Å². The van der Waals surface area contributed by atoms with Gasteiger partial charge in [-0.15, -0.1) is 0 Å². The lowest BCUT2D eigenvalue weighted by Gasteiger charge is -2.31. The number of sulfonamides is 1. The molecule has 2 amide bonds. The van der Waals surface area contributed by atoms with E-state index in [9.17, 15) is 28.1 Å². The summed E-state index contributed by atoms with van der Waals surface area (Å²) in [6.45, 7) is 3.29. The first-order valence-electron chi connectivity index (χ1n) is 10.9. The number of benzene rings is 2. The van der Waals surface area contributed by atoms with Gasteiger partial charge in [-0.05, 0) is 37.1 Å². The fourth-order valence-corrected chi connectivity index (χ4v) is 4.12. The fourth-order valence-electron chi connectivity index (χ4n) is 3.28. The zero-order valence-corrected chi connectivity index (χ0v) is 20.9. The molecular formula is C23H30N4O7S. The Labute approximate surface area is 204 Å². The Morgan fingerprint density at radius 2 is 1.83 bits per heavy atom. The SMILES string of the molecule is CCCNC(=O)C(C)N(Cc1ccc(OC)cc1)C(=O)CN(c1cccc([N+](=O)[O-])c1)S(C)(=O)=O. The smallest absolute Gasteiger partial charge is 0.271 e.